The molecule has 4 rings (SSSR count). The lowest BCUT2D eigenvalue weighted by atomic mass is 9.86. The second-order valence-electron chi connectivity index (χ2n) is 7.99. The topological polar surface area (TPSA) is 72.7 Å². The number of aromatic nitrogens is 4. The number of nitrogens with zero attached hydrogens (tertiary/aromatic N) is 4. The van der Waals surface area contributed by atoms with Gasteiger partial charge in [-0.1, -0.05) is 49.2 Å². The van der Waals surface area contributed by atoms with Gasteiger partial charge in [0.1, 0.15) is 0 Å². The lowest BCUT2D eigenvalue weighted by molar-refractivity contribution is -0.119. The van der Waals surface area contributed by atoms with Crippen molar-refractivity contribution in [3.63, 3.8) is 0 Å². The minimum absolute atomic E-state index is 0.0339. The lowest BCUT2D eigenvalue weighted by Crippen LogP contribution is -2.41. The van der Waals surface area contributed by atoms with Gasteiger partial charge in [0.25, 0.3) is 0 Å². The molecule has 162 valence electrons. The number of thioether (sulfide) groups is 1. The maximum absolute atomic E-state index is 12.7. The highest BCUT2D eigenvalue weighted by Gasteiger charge is 2.24. The van der Waals surface area contributed by atoms with Crippen LogP contribution in [0.15, 0.2) is 47.9 Å². The van der Waals surface area contributed by atoms with Crippen LogP contribution in [0.1, 0.15) is 38.2 Å². The Hall–Kier alpha value is -2.38. The molecule has 0 spiro atoms. The summed E-state index contributed by atoms with van der Waals surface area (Å²) < 4.78 is 1.97. The van der Waals surface area contributed by atoms with Crippen molar-refractivity contribution >= 4 is 29.3 Å². The molecule has 1 aliphatic rings. The van der Waals surface area contributed by atoms with E-state index in [0.717, 1.165) is 23.2 Å². The summed E-state index contributed by atoms with van der Waals surface area (Å²) in [6, 6.07) is 9.82. The molecule has 2 aromatic heterocycles. The van der Waals surface area contributed by atoms with Crippen molar-refractivity contribution in [2.24, 2.45) is 5.92 Å². The molecular formula is C23H26ClN5OS. The van der Waals surface area contributed by atoms with Crippen molar-refractivity contribution in [1.82, 2.24) is 25.1 Å². The van der Waals surface area contributed by atoms with Crippen molar-refractivity contribution in [2.45, 2.75) is 50.7 Å². The molecule has 31 heavy (non-hydrogen) atoms. The van der Waals surface area contributed by atoms with Crippen LogP contribution in [0, 0.1) is 12.8 Å². The van der Waals surface area contributed by atoms with Gasteiger partial charge in [-0.3, -0.25) is 14.3 Å². The highest BCUT2D eigenvalue weighted by atomic mass is 35.5. The molecule has 1 aliphatic carbocycles. The van der Waals surface area contributed by atoms with E-state index in [1.807, 2.05) is 41.8 Å². The molecule has 0 saturated heterocycles. The fraction of sp³-hybridized carbons (Fsp3) is 0.391. The first-order chi connectivity index (χ1) is 15.0. The third-order valence-corrected chi connectivity index (χ3v) is 7.18. The summed E-state index contributed by atoms with van der Waals surface area (Å²) in [4.78, 5) is 16.8. The summed E-state index contributed by atoms with van der Waals surface area (Å²) in [6.07, 6.45) is 8.12. The summed E-state index contributed by atoms with van der Waals surface area (Å²) >= 11 is 7.78. The van der Waals surface area contributed by atoms with Crippen LogP contribution in [0.5, 0.6) is 0 Å². The summed E-state index contributed by atoms with van der Waals surface area (Å²) in [5.74, 6) is 1.54. The molecule has 2 heterocycles. The van der Waals surface area contributed by atoms with Crippen LogP contribution in [0.2, 0.25) is 5.02 Å². The van der Waals surface area contributed by atoms with Gasteiger partial charge < -0.3 is 5.32 Å². The number of rotatable bonds is 6. The fourth-order valence-corrected chi connectivity index (χ4v) is 4.94. The Morgan fingerprint density at radius 1 is 1.19 bits per heavy atom. The van der Waals surface area contributed by atoms with E-state index >= 15 is 0 Å². The van der Waals surface area contributed by atoms with Gasteiger partial charge in [0.2, 0.25) is 5.91 Å². The third kappa shape index (κ3) is 4.93. The molecule has 1 amide bonds. The highest BCUT2D eigenvalue weighted by molar-refractivity contribution is 7.99. The molecule has 0 unspecified atom stereocenters. The van der Waals surface area contributed by atoms with Gasteiger partial charge in [-0.2, -0.15) is 0 Å². The first kappa shape index (κ1) is 21.8. The van der Waals surface area contributed by atoms with Crippen molar-refractivity contribution in [1.29, 1.82) is 0 Å². The van der Waals surface area contributed by atoms with Crippen LogP contribution in [-0.4, -0.2) is 37.5 Å². The quantitative estimate of drug-likeness (QED) is 0.525. The van der Waals surface area contributed by atoms with Crippen LogP contribution in [0.4, 0.5) is 0 Å². The number of carbonyl (C=O) groups is 1. The van der Waals surface area contributed by atoms with Gasteiger partial charge in [-0.05, 0) is 55.5 Å². The smallest absolute Gasteiger partial charge is 0.230 e. The largest absolute Gasteiger partial charge is 0.352 e. The van der Waals surface area contributed by atoms with E-state index in [-0.39, 0.29) is 17.7 Å². The molecule has 0 bridgehead atoms. The molecule has 8 heteroatoms. The van der Waals surface area contributed by atoms with Crippen LogP contribution in [0.3, 0.4) is 0 Å². The van der Waals surface area contributed by atoms with Crippen molar-refractivity contribution in [3.8, 4) is 17.1 Å². The Labute approximate surface area is 191 Å². The molecule has 1 aromatic carbocycles. The molecule has 2 atom stereocenters. The first-order valence-electron chi connectivity index (χ1n) is 10.6. The Balaban J connectivity index is 1.60. The number of amides is 1. The summed E-state index contributed by atoms with van der Waals surface area (Å²) in [6.45, 7) is 4.19. The van der Waals surface area contributed by atoms with Crippen LogP contribution in [-0.2, 0) is 4.79 Å². The minimum Gasteiger partial charge on any atom is -0.352 e. The predicted octanol–water partition coefficient (Wildman–Crippen LogP) is 5.08. The number of hydrogen-bond acceptors (Lipinski definition) is 5. The molecule has 6 nitrogen and oxygen atoms in total. The Morgan fingerprint density at radius 2 is 1.97 bits per heavy atom. The number of hydrogen-bond donors (Lipinski definition) is 1. The Morgan fingerprint density at radius 3 is 2.74 bits per heavy atom. The average Bonchev–Trinajstić information content (AvgIpc) is 3.20. The normalized spacial score (nSPS) is 18.7. The molecule has 0 aliphatic heterocycles. The second kappa shape index (κ2) is 9.83. The van der Waals surface area contributed by atoms with Gasteiger partial charge in [-0.15, -0.1) is 10.2 Å². The van der Waals surface area contributed by atoms with E-state index < -0.39 is 0 Å². The van der Waals surface area contributed by atoms with E-state index in [4.69, 9.17) is 11.6 Å². The zero-order valence-electron chi connectivity index (χ0n) is 17.7. The van der Waals surface area contributed by atoms with E-state index in [0.29, 0.717) is 21.9 Å². The molecular weight excluding hydrogens is 430 g/mol. The number of nitrogens with one attached hydrogen (secondary N) is 1. The average molecular weight is 456 g/mol. The van der Waals surface area contributed by atoms with E-state index in [1.54, 1.807) is 12.4 Å². The van der Waals surface area contributed by atoms with Gasteiger partial charge >= 0.3 is 0 Å². The fourth-order valence-electron chi connectivity index (χ4n) is 4.02. The van der Waals surface area contributed by atoms with Gasteiger partial charge in [-0.25, -0.2) is 0 Å². The first-order valence-corrected chi connectivity index (χ1v) is 11.9. The van der Waals surface area contributed by atoms with Crippen LogP contribution in [0.25, 0.3) is 17.1 Å². The molecule has 0 radical (unpaired) electrons. The molecule has 1 N–H and O–H groups in total. The SMILES string of the molecule is Cc1c(Cl)cccc1-n1c(SCC(=O)N[C@@H]2CCCC[C@@H]2C)nnc1-c1ccncc1. The number of carbonyl (C=O) groups excluding carboxylic acids is 1. The predicted molar refractivity (Wildman–Crippen MR) is 125 cm³/mol. The molecule has 1 saturated carbocycles. The lowest BCUT2D eigenvalue weighted by Gasteiger charge is -2.29. The second-order valence-corrected chi connectivity index (χ2v) is 9.34. The van der Waals surface area contributed by atoms with E-state index in [1.165, 1.54) is 31.0 Å². The van der Waals surface area contributed by atoms with E-state index in [9.17, 15) is 4.79 Å². The summed E-state index contributed by atoms with van der Waals surface area (Å²) in [5.41, 5.74) is 2.73. The third-order valence-electron chi connectivity index (χ3n) is 5.84. The monoisotopic (exact) mass is 455 g/mol. The minimum atomic E-state index is 0.0339. The maximum Gasteiger partial charge on any atom is 0.230 e. The zero-order chi connectivity index (χ0) is 21.8. The molecule has 1 fully saturated rings. The van der Waals surface area contributed by atoms with Gasteiger partial charge in [0.15, 0.2) is 11.0 Å². The summed E-state index contributed by atoms with van der Waals surface area (Å²) in [5, 5.41) is 13.4. The Bertz CT molecular complexity index is 1060. The number of benzene rings is 1. The van der Waals surface area contributed by atoms with Crippen molar-refractivity contribution in [2.75, 3.05) is 5.75 Å². The standard InChI is InChI=1S/C23H26ClN5OS/c1-15-6-3-4-8-19(15)26-21(30)14-31-23-28-27-22(17-10-12-25-13-11-17)29(23)20-9-5-7-18(24)16(20)2/h5,7,9-13,15,19H,3-4,6,8,14H2,1-2H3,(H,26,30)/t15-,19+/m0/s1. The van der Waals surface area contributed by atoms with Gasteiger partial charge in [0.05, 0.1) is 11.4 Å². The van der Waals surface area contributed by atoms with Crippen LogP contribution < -0.4 is 5.32 Å². The summed E-state index contributed by atoms with van der Waals surface area (Å²) in [7, 11) is 0. The highest BCUT2D eigenvalue weighted by Crippen LogP contribution is 2.31. The van der Waals surface area contributed by atoms with Gasteiger partial charge in [0, 0.05) is 29.0 Å². The van der Waals surface area contributed by atoms with Crippen molar-refractivity contribution < 1.29 is 4.79 Å². The molecule has 3 aromatic rings. The van der Waals surface area contributed by atoms with E-state index in [2.05, 4.69) is 27.4 Å². The number of halogens is 1. The zero-order valence-corrected chi connectivity index (χ0v) is 19.3. The Kier molecular flexibility index (Phi) is 6.92. The number of pyridine rings is 1. The maximum atomic E-state index is 12.7. The van der Waals surface area contributed by atoms with Crippen LogP contribution >= 0.6 is 23.4 Å². The van der Waals surface area contributed by atoms with Crippen molar-refractivity contribution in [3.05, 3.63) is 53.3 Å².